The van der Waals surface area contributed by atoms with Crippen molar-refractivity contribution >= 4 is 11.8 Å². The van der Waals surface area contributed by atoms with Crippen molar-refractivity contribution in [1.29, 1.82) is 0 Å². The summed E-state index contributed by atoms with van der Waals surface area (Å²) in [5, 5.41) is 7.68. The van der Waals surface area contributed by atoms with Crippen molar-refractivity contribution in [1.82, 2.24) is 20.1 Å². The molecule has 0 aliphatic heterocycles. The smallest absolute Gasteiger partial charge is 0.138 e. The molecule has 92 valence electrons. The van der Waals surface area contributed by atoms with Crippen LogP contribution in [0, 0.1) is 0 Å². The Hall–Kier alpha value is -0.550. The Bertz CT molecular complexity index is 279. The normalized spacial score (nSPS) is 12.9. The van der Waals surface area contributed by atoms with Crippen LogP contribution in [0.15, 0.2) is 6.33 Å². The molecule has 1 heterocycles. The molecular weight excluding hydrogens is 220 g/mol. The van der Waals surface area contributed by atoms with Crippen molar-refractivity contribution in [3.63, 3.8) is 0 Å². The Morgan fingerprint density at radius 2 is 2.38 bits per heavy atom. The summed E-state index contributed by atoms with van der Waals surface area (Å²) in [7, 11) is 1.95. The van der Waals surface area contributed by atoms with E-state index in [1.807, 2.05) is 23.5 Å². The molecule has 4 nitrogen and oxygen atoms in total. The summed E-state index contributed by atoms with van der Waals surface area (Å²) in [5.74, 6) is 2.26. The third kappa shape index (κ3) is 4.53. The fourth-order valence-electron chi connectivity index (χ4n) is 1.61. The molecular formula is C11H22N4S. The first-order chi connectivity index (χ1) is 7.77. The number of nitrogens with zero attached hydrogens (tertiary/aromatic N) is 3. The van der Waals surface area contributed by atoms with Crippen LogP contribution in [-0.2, 0) is 13.5 Å². The molecule has 1 unspecified atom stereocenters. The van der Waals surface area contributed by atoms with E-state index in [0.717, 1.165) is 18.8 Å². The molecule has 1 N–H and O–H groups in total. The van der Waals surface area contributed by atoms with Gasteiger partial charge in [0.15, 0.2) is 0 Å². The number of rotatable bonds is 8. The van der Waals surface area contributed by atoms with Crippen molar-refractivity contribution < 1.29 is 0 Å². The molecule has 0 aromatic carbocycles. The van der Waals surface area contributed by atoms with Gasteiger partial charge in [0.25, 0.3) is 0 Å². The molecule has 0 radical (unpaired) electrons. The summed E-state index contributed by atoms with van der Waals surface area (Å²) in [4.78, 5) is 4.28. The maximum Gasteiger partial charge on any atom is 0.138 e. The summed E-state index contributed by atoms with van der Waals surface area (Å²) in [6, 6.07) is 0.523. The lowest BCUT2D eigenvalue weighted by Crippen LogP contribution is -2.33. The number of thioether (sulfide) groups is 1. The first-order valence-electron chi connectivity index (χ1n) is 5.83. The van der Waals surface area contributed by atoms with E-state index in [0.29, 0.717) is 6.04 Å². The second-order valence-electron chi connectivity index (χ2n) is 3.94. The molecule has 5 heteroatoms. The Balaban J connectivity index is 2.45. The first-order valence-corrected chi connectivity index (χ1v) is 7.22. The lowest BCUT2D eigenvalue weighted by molar-refractivity contribution is 0.479. The summed E-state index contributed by atoms with van der Waals surface area (Å²) < 4.78 is 1.86. The number of aryl methyl sites for hydroxylation is 1. The molecule has 0 saturated heterocycles. The fraction of sp³-hybridized carbons (Fsp3) is 0.818. The summed E-state index contributed by atoms with van der Waals surface area (Å²) in [6.45, 7) is 3.28. The third-order valence-electron chi connectivity index (χ3n) is 2.59. The van der Waals surface area contributed by atoms with Gasteiger partial charge in [0.2, 0.25) is 0 Å². The Labute approximate surface area is 102 Å². The third-order valence-corrected chi connectivity index (χ3v) is 3.23. The van der Waals surface area contributed by atoms with Crippen molar-refractivity contribution in [3.05, 3.63) is 12.2 Å². The minimum atomic E-state index is 0.523. The fourth-order valence-corrected chi connectivity index (χ4v) is 2.13. The number of hydrogen-bond donors (Lipinski definition) is 1. The van der Waals surface area contributed by atoms with E-state index in [4.69, 9.17) is 0 Å². The molecule has 0 fully saturated rings. The van der Waals surface area contributed by atoms with Crippen LogP contribution in [0.3, 0.4) is 0 Å². The standard InChI is InChI=1S/C11H22N4S/c1-4-6-12-10(5-7-16-3)8-11-13-9-14-15(11)2/h9-10,12H,4-8H2,1-3H3. The van der Waals surface area contributed by atoms with Crippen LogP contribution in [-0.4, -0.2) is 39.4 Å². The zero-order valence-electron chi connectivity index (χ0n) is 10.4. The average molecular weight is 242 g/mol. The first kappa shape index (κ1) is 13.5. The topological polar surface area (TPSA) is 42.7 Å². The Morgan fingerprint density at radius 1 is 1.56 bits per heavy atom. The minimum absolute atomic E-state index is 0.523. The van der Waals surface area contributed by atoms with Gasteiger partial charge in [-0.1, -0.05) is 6.92 Å². The van der Waals surface area contributed by atoms with E-state index in [2.05, 4.69) is 28.6 Å². The Kier molecular flexibility index (Phi) is 6.49. The monoisotopic (exact) mass is 242 g/mol. The number of aromatic nitrogens is 3. The van der Waals surface area contributed by atoms with Crippen LogP contribution in [0.2, 0.25) is 0 Å². The van der Waals surface area contributed by atoms with Gasteiger partial charge in [-0.05, 0) is 31.4 Å². The van der Waals surface area contributed by atoms with Gasteiger partial charge in [-0.15, -0.1) is 0 Å². The highest BCUT2D eigenvalue weighted by Crippen LogP contribution is 2.06. The summed E-state index contributed by atoms with van der Waals surface area (Å²) in [6.07, 6.45) is 7.11. The van der Waals surface area contributed by atoms with Gasteiger partial charge in [0.05, 0.1) is 0 Å². The molecule has 0 spiro atoms. The van der Waals surface area contributed by atoms with Gasteiger partial charge in [0, 0.05) is 19.5 Å². The van der Waals surface area contributed by atoms with Gasteiger partial charge in [-0.25, -0.2) is 4.98 Å². The van der Waals surface area contributed by atoms with E-state index in [-0.39, 0.29) is 0 Å². The van der Waals surface area contributed by atoms with Gasteiger partial charge in [-0.2, -0.15) is 16.9 Å². The van der Waals surface area contributed by atoms with Crippen molar-refractivity contribution in [2.24, 2.45) is 7.05 Å². The second-order valence-corrected chi connectivity index (χ2v) is 4.92. The van der Waals surface area contributed by atoms with Crippen LogP contribution >= 0.6 is 11.8 Å². The van der Waals surface area contributed by atoms with Crippen molar-refractivity contribution in [2.75, 3.05) is 18.6 Å². The van der Waals surface area contributed by atoms with Crippen LogP contribution in [0.25, 0.3) is 0 Å². The molecule has 1 rings (SSSR count). The Morgan fingerprint density at radius 3 is 2.94 bits per heavy atom. The zero-order valence-corrected chi connectivity index (χ0v) is 11.3. The van der Waals surface area contributed by atoms with Gasteiger partial charge >= 0.3 is 0 Å². The number of hydrogen-bond acceptors (Lipinski definition) is 4. The highest BCUT2D eigenvalue weighted by Gasteiger charge is 2.11. The summed E-state index contributed by atoms with van der Waals surface area (Å²) >= 11 is 1.90. The van der Waals surface area contributed by atoms with Gasteiger partial charge < -0.3 is 5.32 Å². The predicted molar refractivity (Wildman–Crippen MR) is 69.8 cm³/mol. The highest BCUT2D eigenvalue weighted by atomic mass is 32.2. The van der Waals surface area contributed by atoms with Crippen molar-refractivity contribution in [2.45, 2.75) is 32.2 Å². The molecule has 0 amide bonds. The van der Waals surface area contributed by atoms with Crippen molar-refractivity contribution in [3.8, 4) is 0 Å². The van der Waals surface area contributed by atoms with E-state index >= 15 is 0 Å². The van der Waals surface area contributed by atoms with Crippen LogP contribution in [0.5, 0.6) is 0 Å². The molecule has 0 aliphatic rings. The molecule has 16 heavy (non-hydrogen) atoms. The zero-order chi connectivity index (χ0) is 11.8. The lowest BCUT2D eigenvalue weighted by atomic mass is 10.1. The SMILES string of the molecule is CCCNC(CCSC)Cc1ncnn1C. The molecule has 0 bridgehead atoms. The highest BCUT2D eigenvalue weighted by molar-refractivity contribution is 7.98. The molecule has 0 saturated carbocycles. The maximum absolute atomic E-state index is 4.28. The molecule has 0 aliphatic carbocycles. The summed E-state index contributed by atoms with van der Waals surface area (Å²) in [5.41, 5.74) is 0. The molecule has 1 aromatic heterocycles. The van der Waals surface area contributed by atoms with E-state index in [1.165, 1.54) is 18.6 Å². The average Bonchev–Trinajstić information content (AvgIpc) is 2.68. The van der Waals surface area contributed by atoms with E-state index in [9.17, 15) is 0 Å². The second kappa shape index (κ2) is 7.68. The van der Waals surface area contributed by atoms with Gasteiger partial charge in [0.1, 0.15) is 12.2 Å². The molecule has 1 atom stereocenters. The quantitative estimate of drug-likeness (QED) is 0.750. The largest absolute Gasteiger partial charge is 0.314 e. The van der Waals surface area contributed by atoms with Crippen LogP contribution in [0.4, 0.5) is 0 Å². The van der Waals surface area contributed by atoms with E-state index in [1.54, 1.807) is 6.33 Å². The molecule has 1 aromatic rings. The van der Waals surface area contributed by atoms with Crippen LogP contribution < -0.4 is 5.32 Å². The van der Waals surface area contributed by atoms with Gasteiger partial charge in [-0.3, -0.25) is 4.68 Å². The number of nitrogens with one attached hydrogen (secondary N) is 1. The van der Waals surface area contributed by atoms with E-state index < -0.39 is 0 Å². The van der Waals surface area contributed by atoms with Crippen LogP contribution in [0.1, 0.15) is 25.6 Å². The lowest BCUT2D eigenvalue weighted by Gasteiger charge is -2.17. The maximum atomic E-state index is 4.28. The minimum Gasteiger partial charge on any atom is -0.314 e. The predicted octanol–water partition coefficient (Wildman–Crippen LogP) is 1.48.